The third kappa shape index (κ3) is 3.99. The molecule has 1 amide bonds. The largest absolute Gasteiger partial charge is 0.497 e. The Labute approximate surface area is 177 Å². The van der Waals surface area contributed by atoms with Crippen molar-refractivity contribution in [1.29, 1.82) is 0 Å². The van der Waals surface area contributed by atoms with Crippen molar-refractivity contribution in [2.45, 2.75) is 32.0 Å². The highest BCUT2D eigenvalue weighted by atomic mass is 19.4. The number of rotatable bonds is 4. The van der Waals surface area contributed by atoms with E-state index in [0.29, 0.717) is 17.8 Å². The first-order valence-electron chi connectivity index (χ1n) is 9.83. The number of halogens is 3. The van der Waals surface area contributed by atoms with Crippen LogP contribution in [0.15, 0.2) is 48.8 Å². The second-order valence-electron chi connectivity index (χ2n) is 7.39. The second kappa shape index (κ2) is 8.05. The van der Waals surface area contributed by atoms with Crippen LogP contribution in [0.3, 0.4) is 0 Å². The smallest absolute Gasteiger partial charge is 0.417 e. The molecule has 1 fully saturated rings. The molecule has 1 unspecified atom stereocenters. The maximum absolute atomic E-state index is 13.3. The zero-order valence-electron chi connectivity index (χ0n) is 17.1. The van der Waals surface area contributed by atoms with Crippen molar-refractivity contribution in [3.63, 3.8) is 0 Å². The molecule has 2 aromatic heterocycles. The molecule has 1 saturated heterocycles. The summed E-state index contributed by atoms with van der Waals surface area (Å²) in [6.45, 7) is 2.33. The molecule has 31 heavy (non-hydrogen) atoms. The summed E-state index contributed by atoms with van der Waals surface area (Å²) in [6.07, 6.45) is -0.515. The standard InChI is InChI=1S/C22H21F3N4O2/c1-14-18(13-27-29(14)20-10-7-16(12-26-20)22(23,24)25)21(30)28-11-3-4-19(28)15-5-8-17(31-2)9-6-15/h5-10,12-13,19H,3-4,11H2,1-2H3. The van der Waals surface area contributed by atoms with Gasteiger partial charge in [-0.25, -0.2) is 9.67 Å². The zero-order valence-corrected chi connectivity index (χ0v) is 17.1. The maximum atomic E-state index is 13.3. The third-order valence-electron chi connectivity index (χ3n) is 5.55. The molecule has 1 aliphatic heterocycles. The van der Waals surface area contributed by atoms with Crippen LogP contribution in [0.25, 0.3) is 5.82 Å². The molecule has 0 radical (unpaired) electrons. The van der Waals surface area contributed by atoms with E-state index < -0.39 is 11.7 Å². The second-order valence-corrected chi connectivity index (χ2v) is 7.39. The summed E-state index contributed by atoms with van der Waals surface area (Å²) in [5, 5.41) is 4.20. The number of alkyl halides is 3. The van der Waals surface area contributed by atoms with E-state index in [-0.39, 0.29) is 17.8 Å². The molecule has 3 aromatic rings. The van der Waals surface area contributed by atoms with E-state index in [9.17, 15) is 18.0 Å². The van der Waals surface area contributed by atoms with Gasteiger partial charge in [0.15, 0.2) is 5.82 Å². The molecule has 1 aromatic carbocycles. The minimum atomic E-state index is -4.46. The van der Waals surface area contributed by atoms with E-state index in [1.54, 1.807) is 14.0 Å². The lowest BCUT2D eigenvalue weighted by molar-refractivity contribution is -0.137. The predicted molar refractivity (Wildman–Crippen MR) is 107 cm³/mol. The van der Waals surface area contributed by atoms with Crippen LogP contribution < -0.4 is 4.74 Å². The van der Waals surface area contributed by atoms with Crippen LogP contribution in [0, 0.1) is 6.92 Å². The molecule has 0 spiro atoms. The van der Waals surface area contributed by atoms with Crippen molar-refractivity contribution in [2.75, 3.05) is 13.7 Å². The fourth-order valence-corrected chi connectivity index (χ4v) is 3.87. The number of carbonyl (C=O) groups excluding carboxylic acids is 1. The van der Waals surface area contributed by atoms with Crippen molar-refractivity contribution < 1.29 is 22.7 Å². The first-order chi connectivity index (χ1) is 14.8. The molecule has 4 rings (SSSR count). The van der Waals surface area contributed by atoms with Crippen LogP contribution in [0.2, 0.25) is 0 Å². The number of nitrogens with zero attached hydrogens (tertiary/aromatic N) is 4. The molecule has 0 saturated carbocycles. The Bertz CT molecular complexity index is 1080. The number of likely N-dealkylation sites (tertiary alicyclic amines) is 1. The Morgan fingerprint density at radius 2 is 1.87 bits per heavy atom. The molecule has 0 N–H and O–H groups in total. The van der Waals surface area contributed by atoms with Gasteiger partial charge in [-0.3, -0.25) is 4.79 Å². The number of hydrogen-bond donors (Lipinski definition) is 0. The van der Waals surface area contributed by atoms with Gasteiger partial charge in [0.05, 0.1) is 36.2 Å². The summed E-state index contributed by atoms with van der Waals surface area (Å²) in [7, 11) is 1.60. The Morgan fingerprint density at radius 1 is 1.13 bits per heavy atom. The van der Waals surface area contributed by atoms with Gasteiger partial charge in [-0.05, 0) is 49.6 Å². The van der Waals surface area contributed by atoms with Gasteiger partial charge in [0.25, 0.3) is 5.91 Å². The SMILES string of the molecule is COc1ccc(C2CCCN2C(=O)c2cnn(-c3ccc(C(F)(F)F)cn3)c2C)cc1. The number of methoxy groups -OCH3 is 1. The summed E-state index contributed by atoms with van der Waals surface area (Å²) in [6, 6.07) is 9.80. The lowest BCUT2D eigenvalue weighted by Gasteiger charge is -2.25. The van der Waals surface area contributed by atoms with Gasteiger partial charge < -0.3 is 9.64 Å². The van der Waals surface area contributed by atoms with Crippen molar-refractivity contribution in [1.82, 2.24) is 19.7 Å². The number of pyridine rings is 1. The van der Waals surface area contributed by atoms with Crippen molar-refractivity contribution in [2.24, 2.45) is 0 Å². The van der Waals surface area contributed by atoms with E-state index in [1.165, 1.54) is 16.9 Å². The maximum Gasteiger partial charge on any atom is 0.417 e. The van der Waals surface area contributed by atoms with Gasteiger partial charge in [0.2, 0.25) is 0 Å². The highest BCUT2D eigenvalue weighted by molar-refractivity contribution is 5.95. The number of amides is 1. The van der Waals surface area contributed by atoms with Gasteiger partial charge in [0, 0.05) is 12.7 Å². The average molecular weight is 430 g/mol. The lowest BCUT2D eigenvalue weighted by Crippen LogP contribution is -2.30. The highest BCUT2D eigenvalue weighted by Crippen LogP contribution is 2.34. The molecule has 6 nitrogen and oxygen atoms in total. The predicted octanol–water partition coefficient (Wildman–Crippen LogP) is 4.58. The molecule has 0 aliphatic carbocycles. The topological polar surface area (TPSA) is 60.2 Å². The Hall–Kier alpha value is -3.36. The number of hydrogen-bond acceptors (Lipinski definition) is 4. The van der Waals surface area contributed by atoms with Gasteiger partial charge >= 0.3 is 6.18 Å². The summed E-state index contributed by atoms with van der Waals surface area (Å²) in [5.41, 5.74) is 1.12. The molecule has 162 valence electrons. The summed E-state index contributed by atoms with van der Waals surface area (Å²) in [5.74, 6) is 0.812. The normalized spacial score (nSPS) is 16.5. The molecular weight excluding hydrogens is 409 g/mol. The van der Waals surface area contributed by atoms with Gasteiger partial charge in [-0.15, -0.1) is 0 Å². The minimum absolute atomic E-state index is 0.0506. The fourth-order valence-electron chi connectivity index (χ4n) is 3.87. The third-order valence-corrected chi connectivity index (χ3v) is 5.55. The minimum Gasteiger partial charge on any atom is -0.497 e. The van der Waals surface area contributed by atoms with E-state index in [1.807, 2.05) is 29.2 Å². The first kappa shape index (κ1) is 20.9. The zero-order chi connectivity index (χ0) is 22.2. The lowest BCUT2D eigenvalue weighted by atomic mass is 10.0. The van der Waals surface area contributed by atoms with Crippen LogP contribution in [-0.2, 0) is 6.18 Å². The van der Waals surface area contributed by atoms with Crippen LogP contribution in [0.4, 0.5) is 13.2 Å². The van der Waals surface area contributed by atoms with Gasteiger partial charge in [0.1, 0.15) is 5.75 Å². The van der Waals surface area contributed by atoms with E-state index in [4.69, 9.17) is 4.74 Å². The molecule has 0 bridgehead atoms. The first-order valence-corrected chi connectivity index (χ1v) is 9.83. The Kier molecular flexibility index (Phi) is 5.43. The molecule has 3 heterocycles. The summed E-state index contributed by atoms with van der Waals surface area (Å²) < 4.78 is 44.9. The Morgan fingerprint density at radius 3 is 2.48 bits per heavy atom. The monoisotopic (exact) mass is 430 g/mol. The van der Waals surface area contributed by atoms with E-state index in [2.05, 4.69) is 10.1 Å². The van der Waals surface area contributed by atoms with Gasteiger partial charge in [-0.1, -0.05) is 12.1 Å². The van der Waals surface area contributed by atoms with Crippen LogP contribution in [0.5, 0.6) is 5.75 Å². The molecule has 1 atom stereocenters. The number of carbonyl (C=O) groups is 1. The summed E-state index contributed by atoms with van der Waals surface area (Å²) in [4.78, 5) is 19.0. The van der Waals surface area contributed by atoms with Crippen molar-refractivity contribution in [3.05, 3.63) is 71.2 Å². The van der Waals surface area contributed by atoms with Crippen LogP contribution in [-0.4, -0.2) is 39.2 Å². The number of benzene rings is 1. The molecule has 9 heteroatoms. The van der Waals surface area contributed by atoms with Gasteiger partial charge in [-0.2, -0.15) is 18.3 Å². The summed E-state index contributed by atoms with van der Waals surface area (Å²) >= 11 is 0. The molecular formula is C22H21F3N4O2. The Balaban J connectivity index is 1.58. The van der Waals surface area contributed by atoms with E-state index >= 15 is 0 Å². The fraction of sp³-hybridized carbons (Fsp3) is 0.318. The number of aromatic nitrogens is 3. The average Bonchev–Trinajstić information content (AvgIpc) is 3.40. The van der Waals surface area contributed by atoms with Crippen LogP contribution in [0.1, 0.15) is 46.1 Å². The number of ether oxygens (including phenoxy) is 1. The molecule has 1 aliphatic rings. The van der Waals surface area contributed by atoms with Crippen molar-refractivity contribution in [3.8, 4) is 11.6 Å². The van der Waals surface area contributed by atoms with E-state index in [0.717, 1.165) is 36.4 Å². The van der Waals surface area contributed by atoms with Crippen molar-refractivity contribution >= 4 is 5.91 Å². The highest BCUT2D eigenvalue weighted by Gasteiger charge is 2.33. The quantitative estimate of drug-likeness (QED) is 0.608. The van der Waals surface area contributed by atoms with Crippen LogP contribution >= 0.6 is 0 Å².